The van der Waals surface area contributed by atoms with Crippen LogP contribution in [0.1, 0.15) is 21.6 Å². The van der Waals surface area contributed by atoms with Gasteiger partial charge in [0.2, 0.25) is 0 Å². The Labute approximate surface area is 103 Å². The third-order valence-electron chi connectivity index (χ3n) is 2.63. The number of aromatic nitrogens is 1. The van der Waals surface area contributed by atoms with Gasteiger partial charge in [-0.1, -0.05) is 12.1 Å². The first-order valence-electron chi connectivity index (χ1n) is 5.47. The van der Waals surface area contributed by atoms with Gasteiger partial charge in [0, 0.05) is 11.9 Å². The summed E-state index contributed by atoms with van der Waals surface area (Å²) in [6.07, 6.45) is 1.42. The number of hydrogen-bond donors (Lipinski definition) is 0. The van der Waals surface area contributed by atoms with Crippen LogP contribution in [-0.4, -0.2) is 10.8 Å². The van der Waals surface area contributed by atoms with Crippen molar-refractivity contribution in [2.75, 3.05) is 0 Å². The van der Waals surface area contributed by atoms with E-state index in [1.165, 1.54) is 19.2 Å². The van der Waals surface area contributed by atoms with Crippen molar-refractivity contribution in [1.29, 1.82) is 0 Å². The first-order valence-corrected chi connectivity index (χ1v) is 5.47. The standard InChI is InChI=1S/C14H11F2NO/c1-9-5-6-11(15)13(14(9)16)12(18)8-10-4-2-3-7-17-10/h2-7H,8H2,1H3. The molecular formula is C14H11F2NO. The number of ketones is 1. The van der Waals surface area contributed by atoms with Gasteiger partial charge in [0.25, 0.3) is 0 Å². The van der Waals surface area contributed by atoms with Gasteiger partial charge >= 0.3 is 0 Å². The fourth-order valence-corrected chi connectivity index (χ4v) is 1.67. The Bertz CT molecular complexity index is 582. The summed E-state index contributed by atoms with van der Waals surface area (Å²) >= 11 is 0. The van der Waals surface area contributed by atoms with E-state index in [0.29, 0.717) is 5.69 Å². The smallest absolute Gasteiger partial charge is 0.174 e. The number of nitrogens with zero attached hydrogens (tertiary/aromatic N) is 1. The molecule has 0 N–H and O–H groups in total. The van der Waals surface area contributed by atoms with Crippen LogP contribution in [-0.2, 0) is 6.42 Å². The first kappa shape index (κ1) is 12.4. The minimum Gasteiger partial charge on any atom is -0.294 e. The zero-order valence-corrected chi connectivity index (χ0v) is 9.78. The van der Waals surface area contributed by atoms with Gasteiger partial charge in [-0.05, 0) is 30.7 Å². The number of hydrogen-bond acceptors (Lipinski definition) is 2. The summed E-state index contributed by atoms with van der Waals surface area (Å²) in [6, 6.07) is 7.48. The van der Waals surface area contributed by atoms with Gasteiger partial charge in [-0.2, -0.15) is 0 Å². The normalized spacial score (nSPS) is 10.4. The summed E-state index contributed by atoms with van der Waals surface area (Å²) in [5.41, 5.74) is 0.254. The molecule has 0 radical (unpaired) electrons. The highest BCUT2D eigenvalue weighted by Crippen LogP contribution is 2.18. The van der Waals surface area contributed by atoms with E-state index < -0.39 is 23.0 Å². The van der Waals surface area contributed by atoms with Crippen molar-refractivity contribution in [2.45, 2.75) is 13.3 Å². The summed E-state index contributed by atoms with van der Waals surface area (Å²) in [4.78, 5) is 15.8. The zero-order chi connectivity index (χ0) is 13.1. The third kappa shape index (κ3) is 2.42. The topological polar surface area (TPSA) is 30.0 Å². The van der Waals surface area contributed by atoms with Crippen LogP contribution in [0.3, 0.4) is 0 Å². The number of pyridine rings is 1. The average molecular weight is 247 g/mol. The summed E-state index contributed by atoms with van der Waals surface area (Å²) in [5.74, 6) is -2.23. The number of Topliss-reactive ketones (excluding diaryl/α,β-unsaturated/α-hetero) is 1. The molecule has 18 heavy (non-hydrogen) atoms. The quantitative estimate of drug-likeness (QED) is 0.780. The van der Waals surface area contributed by atoms with Gasteiger partial charge < -0.3 is 0 Å². The lowest BCUT2D eigenvalue weighted by molar-refractivity contribution is 0.0983. The Morgan fingerprint density at radius 3 is 2.67 bits per heavy atom. The molecular weight excluding hydrogens is 236 g/mol. The minimum atomic E-state index is -0.834. The van der Waals surface area contributed by atoms with Crippen LogP contribution in [0.2, 0.25) is 0 Å². The molecule has 4 heteroatoms. The van der Waals surface area contributed by atoms with E-state index in [4.69, 9.17) is 0 Å². The highest BCUT2D eigenvalue weighted by molar-refractivity contribution is 5.98. The van der Waals surface area contributed by atoms with Crippen LogP contribution < -0.4 is 0 Å². The number of carbonyl (C=O) groups is 1. The fraction of sp³-hybridized carbons (Fsp3) is 0.143. The molecule has 1 aromatic carbocycles. The van der Waals surface area contributed by atoms with Crippen molar-refractivity contribution in [3.63, 3.8) is 0 Å². The number of carbonyl (C=O) groups excluding carboxylic acids is 1. The SMILES string of the molecule is Cc1ccc(F)c(C(=O)Cc2ccccn2)c1F. The first-order chi connectivity index (χ1) is 8.59. The van der Waals surface area contributed by atoms with Gasteiger partial charge in [-0.25, -0.2) is 8.78 Å². The van der Waals surface area contributed by atoms with Gasteiger partial charge in [-0.3, -0.25) is 9.78 Å². The molecule has 1 heterocycles. The molecule has 0 unspecified atom stereocenters. The number of rotatable bonds is 3. The van der Waals surface area contributed by atoms with E-state index in [1.807, 2.05) is 0 Å². The Morgan fingerprint density at radius 2 is 2.00 bits per heavy atom. The highest BCUT2D eigenvalue weighted by Gasteiger charge is 2.19. The molecule has 0 fully saturated rings. The second-order valence-corrected chi connectivity index (χ2v) is 3.97. The van der Waals surface area contributed by atoms with Crippen molar-refractivity contribution in [1.82, 2.24) is 4.98 Å². The van der Waals surface area contributed by atoms with Gasteiger partial charge in [-0.15, -0.1) is 0 Å². The summed E-state index contributed by atoms with van der Waals surface area (Å²) < 4.78 is 27.2. The van der Waals surface area contributed by atoms with Crippen molar-refractivity contribution >= 4 is 5.78 Å². The molecule has 92 valence electrons. The summed E-state index contributed by atoms with van der Waals surface area (Å²) in [5, 5.41) is 0. The van der Waals surface area contributed by atoms with Crippen LogP contribution in [0.4, 0.5) is 8.78 Å². The molecule has 2 nitrogen and oxygen atoms in total. The zero-order valence-electron chi connectivity index (χ0n) is 9.78. The lowest BCUT2D eigenvalue weighted by Gasteiger charge is -2.06. The van der Waals surface area contributed by atoms with Gasteiger partial charge in [0.05, 0.1) is 12.0 Å². The maximum absolute atomic E-state index is 13.7. The molecule has 2 aromatic rings. The Balaban J connectivity index is 2.33. The van der Waals surface area contributed by atoms with E-state index in [2.05, 4.69) is 4.98 Å². The van der Waals surface area contributed by atoms with E-state index >= 15 is 0 Å². The Morgan fingerprint density at radius 1 is 1.22 bits per heavy atom. The molecule has 0 saturated carbocycles. The van der Waals surface area contributed by atoms with Gasteiger partial charge in [0.1, 0.15) is 11.6 Å². The lowest BCUT2D eigenvalue weighted by atomic mass is 10.0. The fourth-order valence-electron chi connectivity index (χ4n) is 1.67. The Kier molecular flexibility index (Phi) is 3.46. The summed E-state index contributed by atoms with van der Waals surface area (Å²) in [7, 11) is 0. The molecule has 0 spiro atoms. The van der Waals surface area contributed by atoms with E-state index in [-0.39, 0.29) is 12.0 Å². The number of aryl methyl sites for hydroxylation is 1. The number of halogens is 2. The predicted octanol–water partition coefficient (Wildman–Crippen LogP) is 3.09. The second-order valence-electron chi connectivity index (χ2n) is 3.97. The predicted molar refractivity (Wildman–Crippen MR) is 63.4 cm³/mol. The van der Waals surface area contributed by atoms with Crippen LogP contribution >= 0.6 is 0 Å². The monoisotopic (exact) mass is 247 g/mol. The molecule has 0 amide bonds. The molecule has 0 aliphatic carbocycles. The third-order valence-corrected chi connectivity index (χ3v) is 2.63. The molecule has 0 saturated heterocycles. The maximum Gasteiger partial charge on any atom is 0.174 e. The molecule has 0 bridgehead atoms. The molecule has 0 aliphatic heterocycles. The van der Waals surface area contributed by atoms with E-state index in [9.17, 15) is 13.6 Å². The van der Waals surface area contributed by atoms with Crippen LogP contribution in [0.25, 0.3) is 0 Å². The Hall–Kier alpha value is -2.10. The van der Waals surface area contributed by atoms with Crippen molar-refractivity contribution in [3.8, 4) is 0 Å². The van der Waals surface area contributed by atoms with Crippen molar-refractivity contribution in [2.24, 2.45) is 0 Å². The maximum atomic E-state index is 13.7. The van der Waals surface area contributed by atoms with E-state index in [0.717, 1.165) is 6.07 Å². The van der Waals surface area contributed by atoms with Crippen molar-refractivity contribution < 1.29 is 13.6 Å². The summed E-state index contributed by atoms with van der Waals surface area (Å²) in [6.45, 7) is 1.49. The van der Waals surface area contributed by atoms with Crippen LogP contribution in [0, 0.1) is 18.6 Å². The minimum absolute atomic E-state index is 0.113. The molecule has 0 aliphatic rings. The van der Waals surface area contributed by atoms with Crippen LogP contribution in [0.5, 0.6) is 0 Å². The highest BCUT2D eigenvalue weighted by atomic mass is 19.1. The second kappa shape index (κ2) is 5.04. The molecule has 2 rings (SSSR count). The molecule has 0 atom stereocenters. The largest absolute Gasteiger partial charge is 0.294 e. The molecule has 1 aromatic heterocycles. The van der Waals surface area contributed by atoms with Crippen LogP contribution in [0.15, 0.2) is 36.5 Å². The average Bonchev–Trinajstić information content (AvgIpc) is 2.36. The van der Waals surface area contributed by atoms with Crippen molar-refractivity contribution in [3.05, 3.63) is 65.0 Å². The number of benzene rings is 1. The van der Waals surface area contributed by atoms with E-state index in [1.54, 1.807) is 18.2 Å². The lowest BCUT2D eigenvalue weighted by Crippen LogP contribution is -2.11. The van der Waals surface area contributed by atoms with Gasteiger partial charge in [0.15, 0.2) is 5.78 Å².